The van der Waals surface area contributed by atoms with Crippen LogP contribution >= 0.6 is 0 Å². The molecule has 0 aliphatic rings. The van der Waals surface area contributed by atoms with Crippen LogP contribution in [0.2, 0.25) is 0 Å². The molecular weight excluding hydrogens is 1750 g/mol. The van der Waals surface area contributed by atoms with Crippen molar-refractivity contribution in [3.8, 4) is 67.1 Å². The minimum Gasteiger partial charge on any atom is -0.495 e. The van der Waals surface area contributed by atoms with Crippen LogP contribution in [-0.4, -0.2) is 66.6 Å². The van der Waals surface area contributed by atoms with Crippen molar-refractivity contribution in [2.45, 2.75) is 146 Å². The molecule has 5 heterocycles. The molecule has 0 bridgehead atoms. The van der Waals surface area contributed by atoms with Crippen molar-refractivity contribution in [1.29, 1.82) is 0 Å². The first-order valence-electron chi connectivity index (χ1n) is 48.7. The number of para-hydroxylation sites is 5. The Morgan fingerprint density at radius 1 is 0.282 bits per heavy atom. The molecule has 0 aliphatic heterocycles. The van der Waals surface area contributed by atoms with Gasteiger partial charge in [0.05, 0.1) is 73.9 Å². The van der Waals surface area contributed by atoms with Gasteiger partial charge in [0.1, 0.15) is 17.3 Å². The summed E-state index contributed by atoms with van der Waals surface area (Å²) in [5.74, 6) is 1.95. The third kappa shape index (κ3) is 22.3. The van der Waals surface area contributed by atoms with Gasteiger partial charge >= 0.3 is 0 Å². The normalized spacial score (nSPS) is 11.3. The SMILES string of the molecule is COc1cccc2c(-c3cccc(C)c3)cn(C(=O)Cc3ccc(C)cc3)c12.COc1cccc2c(-c3ccccc3C)cn(C(=O)Cc3ccc(C)cc3)c12.Cc1ccc(CC(=O)n2cc(-c3ccccc3C(C)(C)C)c3ccccc32)cc1.Cc1ccc(CC(=O)n2cc(-c3ccccc3C(C)C)c3ccccc32)c(F)c1.Cc1cccc(CC(=O)n2cc(-c3ccccc3C(C)C)c3ccccc32)c1. The van der Waals surface area contributed by atoms with Gasteiger partial charge < -0.3 is 9.47 Å². The molecule has 0 radical (unpaired) electrons. The molecule has 142 heavy (non-hydrogen) atoms. The molecule has 12 nitrogen and oxygen atoms in total. The van der Waals surface area contributed by atoms with Crippen molar-refractivity contribution in [2.24, 2.45) is 0 Å². The maximum absolute atomic E-state index is 14.3. The molecule has 712 valence electrons. The van der Waals surface area contributed by atoms with Gasteiger partial charge in [-0.15, -0.1) is 0 Å². The number of ether oxygens (including phenoxy) is 2. The van der Waals surface area contributed by atoms with Crippen LogP contribution in [0.4, 0.5) is 4.39 Å². The molecule has 0 aliphatic carbocycles. The lowest BCUT2D eigenvalue weighted by Crippen LogP contribution is -2.13. The summed E-state index contributed by atoms with van der Waals surface area (Å²) >= 11 is 0. The number of aromatic nitrogens is 5. The van der Waals surface area contributed by atoms with Crippen LogP contribution in [0.15, 0.2) is 377 Å². The van der Waals surface area contributed by atoms with Gasteiger partial charge in [-0.1, -0.05) is 386 Å². The van der Waals surface area contributed by atoms with Crippen LogP contribution in [0, 0.1) is 54.3 Å². The summed E-state index contributed by atoms with van der Waals surface area (Å²) in [6.45, 7) is 29.7. The second kappa shape index (κ2) is 43.9. The van der Waals surface area contributed by atoms with Crippen LogP contribution < -0.4 is 9.47 Å². The Hall–Kier alpha value is -16.1. The fourth-order valence-electron chi connectivity index (χ4n) is 19.0. The zero-order valence-corrected chi connectivity index (χ0v) is 84.0. The number of benzene rings is 15. The van der Waals surface area contributed by atoms with Crippen molar-refractivity contribution in [3.63, 3.8) is 0 Å². The number of carbonyl (C=O) groups is 5. The number of hydrogen-bond donors (Lipinski definition) is 0. The molecule has 0 saturated heterocycles. The van der Waals surface area contributed by atoms with Crippen molar-refractivity contribution in [1.82, 2.24) is 22.8 Å². The lowest BCUT2D eigenvalue weighted by atomic mass is 9.82. The summed E-state index contributed by atoms with van der Waals surface area (Å²) in [5, 5.41) is 5.29. The van der Waals surface area contributed by atoms with Crippen molar-refractivity contribution in [2.75, 3.05) is 14.2 Å². The van der Waals surface area contributed by atoms with Crippen LogP contribution in [0.3, 0.4) is 0 Å². The number of aryl methyl sites for hydroxylation is 7. The van der Waals surface area contributed by atoms with E-state index < -0.39 is 0 Å². The van der Waals surface area contributed by atoms with Crippen LogP contribution in [0.1, 0.15) is 168 Å². The molecule has 0 saturated carbocycles. The number of methoxy groups -OCH3 is 2. The smallest absolute Gasteiger partial charge is 0.235 e. The lowest BCUT2D eigenvalue weighted by molar-refractivity contribution is 0.0910. The van der Waals surface area contributed by atoms with Crippen molar-refractivity contribution in [3.05, 3.63) is 466 Å². The molecule has 0 N–H and O–H groups in total. The third-order valence-corrected chi connectivity index (χ3v) is 26.4. The van der Waals surface area contributed by atoms with Crippen LogP contribution in [0.5, 0.6) is 11.5 Å². The Kier molecular flexibility index (Phi) is 30.6. The highest BCUT2D eigenvalue weighted by Gasteiger charge is 2.27. The van der Waals surface area contributed by atoms with E-state index in [1.54, 1.807) is 34.0 Å². The molecule has 0 unspecified atom stereocenters. The first kappa shape index (κ1) is 98.9. The van der Waals surface area contributed by atoms with Gasteiger partial charge in [-0.05, 0) is 186 Å². The quantitative estimate of drug-likeness (QED) is 0.0788. The number of fused-ring (bicyclic) bond motifs is 5. The van der Waals surface area contributed by atoms with E-state index in [0.717, 1.165) is 127 Å². The van der Waals surface area contributed by atoms with Gasteiger partial charge in [0, 0.05) is 85.7 Å². The summed E-state index contributed by atoms with van der Waals surface area (Å²) in [6, 6.07) is 116. The molecule has 0 amide bonds. The second-order valence-corrected chi connectivity index (χ2v) is 38.7. The van der Waals surface area contributed by atoms with E-state index in [2.05, 4.69) is 210 Å². The van der Waals surface area contributed by atoms with Gasteiger partial charge in [0.2, 0.25) is 29.5 Å². The molecule has 15 aromatic carbocycles. The standard InChI is InChI=1S/C27H27NO.C26H24FNO.C26H25NO.2C25H23NO2/c1-19-13-15-20(16-14-19)17-26(29)28-18-23(22-10-6-8-12-25(22)28)21-9-5-7-11-24(21)27(2,3)4;1-17(2)20-8-4-5-9-21(20)23-16-28(25-11-7-6-10-22(23)25)26(29)15-19-13-12-18(3)14-24(19)27;1-18(2)21-11-4-5-12-22(21)24-17-27(25-14-7-6-13-23(24)25)26(28)16-20-10-8-9-19(3)15-20;1-17-10-12-19(13-11-17)15-24(27)26-16-22(20-7-4-6-18(2)14-20)21-8-5-9-23(28-3)25(21)26;1-17-11-13-19(14-12-17)15-24(27)26-16-22(20-8-5-4-7-18(20)2)21-9-6-10-23(28-3)25(21)26/h5-16,18H,17H2,1-4H3;4-14,16-17H,15H2,1-3H3;4-15,17-18H,16H2,1-3H3;2*4-14,16H,15H2,1-3H3. The van der Waals surface area contributed by atoms with Crippen LogP contribution in [-0.2, 0) is 37.5 Å². The molecule has 0 atom stereocenters. The first-order valence-corrected chi connectivity index (χ1v) is 48.7. The van der Waals surface area contributed by atoms with E-state index in [0.29, 0.717) is 54.6 Å². The predicted octanol–water partition coefficient (Wildman–Crippen LogP) is 31.8. The van der Waals surface area contributed by atoms with E-state index in [4.69, 9.17) is 9.47 Å². The first-order chi connectivity index (χ1) is 68.5. The summed E-state index contributed by atoms with van der Waals surface area (Å²) in [5.41, 5.74) is 31.8. The fourth-order valence-corrected chi connectivity index (χ4v) is 19.0. The van der Waals surface area contributed by atoms with Crippen molar-refractivity contribution >= 4 is 84.1 Å². The highest BCUT2D eigenvalue weighted by atomic mass is 19.1. The zero-order chi connectivity index (χ0) is 100. The number of nitrogens with zero attached hydrogens (tertiary/aromatic N) is 5. The monoisotopic (exact) mass is 1870 g/mol. The highest BCUT2D eigenvalue weighted by Crippen LogP contribution is 2.44. The molecule has 20 rings (SSSR count). The topological polar surface area (TPSA) is 128 Å². The molecule has 0 fully saturated rings. The number of rotatable bonds is 19. The van der Waals surface area contributed by atoms with Gasteiger partial charge in [0.15, 0.2) is 0 Å². The Morgan fingerprint density at radius 3 is 1.04 bits per heavy atom. The zero-order valence-electron chi connectivity index (χ0n) is 84.0. The second-order valence-electron chi connectivity index (χ2n) is 38.7. The van der Waals surface area contributed by atoms with Crippen molar-refractivity contribution < 1.29 is 37.8 Å². The summed E-state index contributed by atoms with van der Waals surface area (Å²) < 4.78 is 34.3. The summed E-state index contributed by atoms with van der Waals surface area (Å²) in [4.78, 5) is 65.9. The van der Waals surface area contributed by atoms with Gasteiger partial charge in [-0.25, -0.2) is 4.39 Å². The largest absolute Gasteiger partial charge is 0.495 e. The minimum absolute atomic E-state index is 0.0195. The number of carbonyl (C=O) groups excluding carboxylic acids is 5. The van der Waals surface area contributed by atoms with E-state index in [9.17, 15) is 28.4 Å². The Morgan fingerprint density at radius 2 is 0.613 bits per heavy atom. The number of hydrogen-bond acceptors (Lipinski definition) is 7. The lowest BCUT2D eigenvalue weighted by Gasteiger charge is -2.22. The predicted molar refractivity (Wildman–Crippen MR) is 584 cm³/mol. The third-order valence-electron chi connectivity index (χ3n) is 26.4. The van der Waals surface area contributed by atoms with E-state index in [1.807, 2.05) is 261 Å². The minimum atomic E-state index is -0.333. The Balaban J connectivity index is 0.000000128. The Bertz CT molecular complexity index is 8020. The summed E-state index contributed by atoms with van der Waals surface area (Å²) in [6.07, 6.45) is 11.3. The maximum atomic E-state index is 14.3. The van der Waals surface area contributed by atoms with Crippen LogP contribution in [0.25, 0.3) is 110 Å². The van der Waals surface area contributed by atoms with Gasteiger partial charge in [-0.2, -0.15) is 0 Å². The molecule has 13 heteroatoms. The van der Waals surface area contributed by atoms with E-state index >= 15 is 0 Å². The Labute approximate surface area is 833 Å². The highest BCUT2D eigenvalue weighted by molar-refractivity contribution is 6.09. The molecule has 5 aromatic heterocycles. The molecule has 20 aromatic rings. The van der Waals surface area contributed by atoms with E-state index in [1.165, 1.54) is 67.3 Å². The average molecular weight is 1870 g/mol. The number of halogens is 1. The van der Waals surface area contributed by atoms with Gasteiger partial charge in [0.25, 0.3) is 0 Å². The fraction of sp³-hybridized carbons (Fsp3) is 0.186. The summed E-state index contributed by atoms with van der Waals surface area (Å²) in [7, 11) is 3.28. The molecular formula is C129H122FN5O7. The average Bonchev–Trinajstić information content (AvgIpc) is 1.63. The van der Waals surface area contributed by atoms with E-state index in [-0.39, 0.29) is 47.2 Å². The van der Waals surface area contributed by atoms with Gasteiger partial charge in [-0.3, -0.25) is 46.8 Å². The molecule has 0 spiro atoms. The maximum Gasteiger partial charge on any atom is 0.235 e.